The lowest BCUT2D eigenvalue weighted by Crippen LogP contribution is -2.17. The van der Waals surface area contributed by atoms with Gasteiger partial charge in [0.1, 0.15) is 0 Å². The van der Waals surface area contributed by atoms with E-state index in [2.05, 4.69) is 49.2 Å². The minimum Gasteiger partial charge on any atom is -0.301 e. The summed E-state index contributed by atoms with van der Waals surface area (Å²) in [6, 6.07) is 14.6. The summed E-state index contributed by atoms with van der Waals surface area (Å²) < 4.78 is 0. The van der Waals surface area contributed by atoms with Crippen LogP contribution in [0.15, 0.2) is 52.4 Å². The number of H-pyrrole nitrogens is 1. The van der Waals surface area contributed by atoms with Crippen LogP contribution < -0.4 is 5.56 Å². The Bertz CT molecular complexity index is 912. The van der Waals surface area contributed by atoms with Gasteiger partial charge >= 0.3 is 0 Å². The van der Waals surface area contributed by atoms with E-state index in [1.807, 2.05) is 19.1 Å². The van der Waals surface area contributed by atoms with Crippen LogP contribution in [0.2, 0.25) is 0 Å². The highest BCUT2D eigenvalue weighted by atomic mass is 32.2. The van der Waals surface area contributed by atoms with E-state index in [1.54, 1.807) is 11.8 Å². The highest BCUT2D eigenvalue weighted by molar-refractivity contribution is 7.99. The first-order valence-electron chi connectivity index (χ1n) is 8.31. The topological polar surface area (TPSA) is 45.8 Å². The largest absolute Gasteiger partial charge is 0.301 e. The van der Waals surface area contributed by atoms with Crippen molar-refractivity contribution in [2.75, 3.05) is 0 Å². The molecule has 2 aromatic carbocycles. The molecule has 0 amide bonds. The Labute approximate surface area is 146 Å². The molecule has 1 N–H and O–H groups in total. The van der Waals surface area contributed by atoms with Crippen molar-refractivity contribution in [2.24, 2.45) is 0 Å². The van der Waals surface area contributed by atoms with Crippen LogP contribution in [0.5, 0.6) is 0 Å². The Kier molecular flexibility index (Phi) is 5.05. The van der Waals surface area contributed by atoms with Gasteiger partial charge in [-0.3, -0.25) is 4.79 Å². The van der Waals surface area contributed by atoms with E-state index in [-0.39, 0.29) is 5.56 Å². The molecule has 0 saturated carbocycles. The summed E-state index contributed by atoms with van der Waals surface area (Å²) in [6.45, 7) is 6.14. The lowest BCUT2D eigenvalue weighted by atomic mass is 9.99. The van der Waals surface area contributed by atoms with Crippen LogP contribution in [0.3, 0.4) is 0 Å². The van der Waals surface area contributed by atoms with Gasteiger partial charge in [-0.1, -0.05) is 68.1 Å². The molecule has 0 radical (unpaired) electrons. The van der Waals surface area contributed by atoms with Gasteiger partial charge in [0, 0.05) is 17.2 Å². The molecule has 3 rings (SSSR count). The Balaban J connectivity index is 2.01. The van der Waals surface area contributed by atoms with Crippen molar-refractivity contribution in [3.8, 4) is 0 Å². The lowest BCUT2D eigenvalue weighted by Gasteiger charge is -2.11. The van der Waals surface area contributed by atoms with E-state index in [0.29, 0.717) is 17.2 Å². The quantitative estimate of drug-likeness (QED) is 0.541. The number of nitrogens with zero attached hydrogens (tertiary/aromatic N) is 1. The highest BCUT2D eigenvalue weighted by Crippen LogP contribution is 2.24. The van der Waals surface area contributed by atoms with Crippen LogP contribution in [0.25, 0.3) is 10.8 Å². The minimum absolute atomic E-state index is 0.0361. The standard InChI is InChI=1S/C20H22N2OS/c1-4-13(2)24-20-21-18(14(3)19(23)22-20)12-16-10-7-9-15-8-5-6-11-17(15)16/h5-11,13H,4,12H2,1-3H3,(H,21,22,23). The summed E-state index contributed by atoms with van der Waals surface area (Å²) in [7, 11) is 0. The van der Waals surface area contributed by atoms with Crippen molar-refractivity contribution in [3.63, 3.8) is 0 Å². The van der Waals surface area contributed by atoms with E-state index < -0.39 is 0 Å². The fourth-order valence-electron chi connectivity index (χ4n) is 2.69. The third-order valence-corrected chi connectivity index (χ3v) is 5.51. The van der Waals surface area contributed by atoms with Crippen molar-refractivity contribution in [1.29, 1.82) is 0 Å². The molecule has 0 aliphatic heterocycles. The predicted molar refractivity (Wildman–Crippen MR) is 102 cm³/mol. The van der Waals surface area contributed by atoms with Gasteiger partial charge in [-0.05, 0) is 29.7 Å². The number of aromatic nitrogens is 2. The molecule has 0 aliphatic carbocycles. The number of benzene rings is 2. The number of aromatic amines is 1. The maximum Gasteiger partial charge on any atom is 0.254 e. The van der Waals surface area contributed by atoms with Crippen molar-refractivity contribution in [3.05, 3.63) is 69.6 Å². The summed E-state index contributed by atoms with van der Waals surface area (Å²) in [5.41, 5.74) is 2.73. The van der Waals surface area contributed by atoms with Gasteiger partial charge < -0.3 is 4.98 Å². The molecule has 1 heterocycles. The monoisotopic (exact) mass is 338 g/mol. The molecule has 1 aromatic heterocycles. The van der Waals surface area contributed by atoms with Gasteiger partial charge in [-0.25, -0.2) is 4.98 Å². The highest BCUT2D eigenvalue weighted by Gasteiger charge is 2.12. The fraction of sp³-hybridized carbons (Fsp3) is 0.300. The number of thioether (sulfide) groups is 1. The molecule has 0 aliphatic rings. The molecule has 0 spiro atoms. The van der Waals surface area contributed by atoms with Crippen LogP contribution in [0.4, 0.5) is 0 Å². The van der Waals surface area contributed by atoms with Gasteiger partial charge in [0.15, 0.2) is 5.16 Å². The molecule has 1 unspecified atom stereocenters. The molecular weight excluding hydrogens is 316 g/mol. The van der Waals surface area contributed by atoms with Crippen LogP contribution in [-0.4, -0.2) is 15.2 Å². The summed E-state index contributed by atoms with van der Waals surface area (Å²) in [5, 5.41) is 3.58. The third kappa shape index (κ3) is 3.54. The number of rotatable bonds is 5. The molecule has 4 heteroatoms. The summed E-state index contributed by atoms with van der Waals surface area (Å²) in [6.07, 6.45) is 1.71. The van der Waals surface area contributed by atoms with E-state index in [0.717, 1.165) is 17.3 Å². The first-order chi connectivity index (χ1) is 11.6. The SMILES string of the molecule is CCC(C)Sc1nc(Cc2cccc3ccccc23)c(C)c(=O)[nH]1. The summed E-state index contributed by atoms with van der Waals surface area (Å²) >= 11 is 1.63. The Morgan fingerprint density at radius 2 is 1.92 bits per heavy atom. The summed E-state index contributed by atoms with van der Waals surface area (Å²) in [4.78, 5) is 19.9. The second-order valence-electron chi connectivity index (χ2n) is 6.09. The molecule has 1 atom stereocenters. The fourth-order valence-corrected chi connectivity index (χ4v) is 3.55. The third-order valence-electron chi connectivity index (χ3n) is 4.36. The molecule has 3 nitrogen and oxygen atoms in total. The van der Waals surface area contributed by atoms with E-state index >= 15 is 0 Å². The number of nitrogens with one attached hydrogen (secondary N) is 1. The number of hydrogen-bond donors (Lipinski definition) is 1. The van der Waals surface area contributed by atoms with Crippen molar-refractivity contribution >= 4 is 22.5 Å². The Hall–Kier alpha value is -2.07. The van der Waals surface area contributed by atoms with E-state index in [9.17, 15) is 4.79 Å². The van der Waals surface area contributed by atoms with E-state index in [4.69, 9.17) is 4.98 Å². The zero-order valence-corrected chi connectivity index (χ0v) is 15.1. The van der Waals surface area contributed by atoms with Gasteiger partial charge in [-0.2, -0.15) is 0 Å². The first kappa shape index (κ1) is 16.8. The van der Waals surface area contributed by atoms with Gasteiger partial charge in [0.25, 0.3) is 5.56 Å². The second-order valence-corrected chi connectivity index (χ2v) is 7.52. The van der Waals surface area contributed by atoms with Gasteiger partial charge in [0.05, 0.1) is 5.69 Å². The minimum atomic E-state index is -0.0361. The second kappa shape index (κ2) is 7.22. The van der Waals surface area contributed by atoms with Crippen molar-refractivity contribution < 1.29 is 0 Å². The molecule has 3 aromatic rings. The average Bonchev–Trinajstić information content (AvgIpc) is 2.59. The molecule has 24 heavy (non-hydrogen) atoms. The zero-order chi connectivity index (χ0) is 17.1. The van der Waals surface area contributed by atoms with Crippen molar-refractivity contribution in [2.45, 2.75) is 44.0 Å². The van der Waals surface area contributed by atoms with E-state index in [1.165, 1.54) is 16.3 Å². The molecular formula is C20H22N2OS. The number of hydrogen-bond acceptors (Lipinski definition) is 3. The summed E-state index contributed by atoms with van der Waals surface area (Å²) in [5.74, 6) is 0. The first-order valence-corrected chi connectivity index (χ1v) is 9.19. The maximum atomic E-state index is 12.3. The Morgan fingerprint density at radius 1 is 1.17 bits per heavy atom. The van der Waals surface area contributed by atoms with Crippen LogP contribution in [0, 0.1) is 6.92 Å². The van der Waals surface area contributed by atoms with Crippen molar-refractivity contribution in [1.82, 2.24) is 9.97 Å². The molecule has 0 fully saturated rings. The van der Waals surface area contributed by atoms with Crippen LogP contribution in [0.1, 0.15) is 37.1 Å². The maximum absolute atomic E-state index is 12.3. The Morgan fingerprint density at radius 3 is 2.71 bits per heavy atom. The number of fused-ring (bicyclic) bond motifs is 1. The molecule has 124 valence electrons. The normalized spacial score (nSPS) is 12.5. The molecule has 0 bridgehead atoms. The molecule has 0 saturated heterocycles. The van der Waals surface area contributed by atoms with Gasteiger partial charge in [0.2, 0.25) is 0 Å². The zero-order valence-electron chi connectivity index (χ0n) is 14.3. The van der Waals surface area contributed by atoms with Gasteiger partial charge in [-0.15, -0.1) is 0 Å². The smallest absolute Gasteiger partial charge is 0.254 e. The van der Waals surface area contributed by atoms with Crippen LogP contribution in [-0.2, 0) is 6.42 Å². The predicted octanol–water partition coefficient (Wildman–Crippen LogP) is 4.71. The average molecular weight is 338 g/mol. The van der Waals surface area contributed by atoms with Crippen LogP contribution >= 0.6 is 11.8 Å². The lowest BCUT2D eigenvalue weighted by molar-refractivity contribution is 0.841.